The molecule has 0 aromatic carbocycles. The molecular weight excluding hydrogens is 226 g/mol. The Morgan fingerprint density at radius 1 is 1.25 bits per heavy atom. The van der Waals surface area contributed by atoms with E-state index < -0.39 is 15.6 Å². The number of likely N-dealkylation sites (N-methyl/N-ethyl adjacent to an activating group) is 1. The number of hydrogen-bond donors (Lipinski definition) is 1. The van der Waals surface area contributed by atoms with Gasteiger partial charge in [-0.15, -0.1) is 0 Å². The van der Waals surface area contributed by atoms with E-state index in [-0.39, 0.29) is 11.9 Å². The van der Waals surface area contributed by atoms with Crippen LogP contribution in [0.3, 0.4) is 0 Å². The van der Waals surface area contributed by atoms with Gasteiger partial charge in [-0.05, 0) is 26.7 Å². The van der Waals surface area contributed by atoms with Crippen LogP contribution in [0.15, 0.2) is 0 Å². The molecule has 4 nitrogen and oxygen atoms in total. The molecule has 0 aromatic rings. The lowest BCUT2D eigenvalue weighted by Gasteiger charge is -2.36. The standard InChI is InChI=1S/C11H23NO3S/c1-11(2,9-13)12(3)16(14,15)10-7-5-4-6-8-10/h10,13H,4-9H2,1-3H3. The third-order valence-electron chi connectivity index (χ3n) is 3.59. The van der Waals surface area contributed by atoms with Crippen LogP contribution in [0, 0.1) is 0 Å². The molecule has 0 aliphatic heterocycles. The second kappa shape index (κ2) is 5.02. The highest BCUT2D eigenvalue weighted by Gasteiger charge is 2.38. The van der Waals surface area contributed by atoms with Crippen LogP contribution < -0.4 is 0 Å². The zero-order valence-electron chi connectivity index (χ0n) is 10.4. The van der Waals surface area contributed by atoms with Crippen molar-refractivity contribution in [1.29, 1.82) is 0 Å². The first-order valence-corrected chi connectivity index (χ1v) is 7.41. The Morgan fingerprint density at radius 2 is 1.75 bits per heavy atom. The first kappa shape index (κ1) is 13.9. The molecule has 1 rings (SSSR count). The fourth-order valence-electron chi connectivity index (χ4n) is 2.03. The van der Waals surface area contributed by atoms with E-state index in [1.165, 1.54) is 4.31 Å². The summed E-state index contributed by atoms with van der Waals surface area (Å²) in [7, 11) is -1.69. The lowest BCUT2D eigenvalue weighted by atomic mass is 10.0. The van der Waals surface area contributed by atoms with Gasteiger partial charge in [0.15, 0.2) is 0 Å². The predicted molar refractivity (Wildman–Crippen MR) is 64.7 cm³/mol. The molecule has 1 fully saturated rings. The van der Waals surface area contributed by atoms with Crippen LogP contribution in [-0.4, -0.2) is 42.3 Å². The minimum atomic E-state index is -3.26. The van der Waals surface area contributed by atoms with Crippen LogP contribution >= 0.6 is 0 Å². The van der Waals surface area contributed by atoms with Crippen molar-refractivity contribution in [2.45, 2.75) is 56.7 Å². The van der Waals surface area contributed by atoms with E-state index in [2.05, 4.69) is 0 Å². The van der Waals surface area contributed by atoms with Gasteiger partial charge in [-0.2, -0.15) is 4.31 Å². The molecule has 16 heavy (non-hydrogen) atoms. The minimum Gasteiger partial charge on any atom is -0.394 e. The molecule has 0 atom stereocenters. The average Bonchev–Trinajstić information content (AvgIpc) is 2.29. The maximum Gasteiger partial charge on any atom is 0.217 e. The van der Waals surface area contributed by atoms with Crippen molar-refractivity contribution in [3.63, 3.8) is 0 Å². The van der Waals surface area contributed by atoms with E-state index >= 15 is 0 Å². The van der Waals surface area contributed by atoms with Crippen LogP contribution in [-0.2, 0) is 10.0 Å². The molecule has 1 aliphatic carbocycles. The van der Waals surface area contributed by atoms with Crippen LogP contribution in [0.5, 0.6) is 0 Å². The van der Waals surface area contributed by atoms with Crippen molar-refractivity contribution in [1.82, 2.24) is 4.31 Å². The summed E-state index contributed by atoms with van der Waals surface area (Å²) in [5, 5.41) is 8.97. The van der Waals surface area contributed by atoms with Gasteiger partial charge in [0.25, 0.3) is 0 Å². The Hall–Kier alpha value is -0.130. The highest BCUT2D eigenvalue weighted by molar-refractivity contribution is 7.89. The fourth-order valence-corrected chi connectivity index (χ4v) is 4.15. The van der Waals surface area contributed by atoms with E-state index in [1.807, 2.05) is 0 Å². The average molecular weight is 249 g/mol. The van der Waals surface area contributed by atoms with Crippen molar-refractivity contribution < 1.29 is 13.5 Å². The normalized spacial score (nSPS) is 20.3. The van der Waals surface area contributed by atoms with Gasteiger partial charge in [-0.1, -0.05) is 19.3 Å². The van der Waals surface area contributed by atoms with Crippen molar-refractivity contribution in [2.24, 2.45) is 0 Å². The van der Waals surface area contributed by atoms with Gasteiger partial charge >= 0.3 is 0 Å². The van der Waals surface area contributed by atoms with Crippen molar-refractivity contribution in [3.8, 4) is 0 Å². The van der Waals surface area contributed by atoms with Crippen molar-refractivity contribution in [2.75, 3.05) is 13.7 Å². The number of nitrogens with zero attached hydrogens (tertiary/aromatic N) is 1. The van der Waals surface area contributed by atoms with E-state index in [1.54, 1.807) is 20.9 Å². The molecular formula is C11H23NO3S. The van der Waals surface area contributed by atoms with Gasteiger partial charge in [0.1, 0.15) is 0 Å². The molecule has 1 N–H and O–H groups in total. The Kier molecular flexibility index (Phi) is 4.37. The highest BCUT2D eigenvalue weighted by atomic mass is 32.2. The molecule has 96 valence electrons. The summed E-state index contributed by atoms with van der Waals surface area (Å²) in [5.41, 5.74) is -0.712. The van der Waals surface area contributed by atoms with Gasteiger partial charge in [0.2, 0.25) is 10.0 Å². The third-order valence-corrected chi connectivity index (χ3v) is 6.17. The Balaban J connectivity index is 2.84. The molecule has 0 saturated heterocycles. The minimum absolute atomic E-state index is 0.157. The molecule has 5 heteroatoms. The van der Waals surface area contributed by atoms with Gasteiger partial charge < -0.3 is 5.11 Å². The van der Waals surface area contributed by atoms with Crippen LogP contribution in [0.4, 0.5) is 0 Å². The molecule has 0 radical (unpaired) electrons. The molecule has 0 bridgehead atoms. The number of aliphatic hydroxyl groups is 1. The Bertz CT molecular complexity index is 318. The molecule has 0 heterocycles. The number of hydrogen-bond acceptors (Lipinski definition) is 3. The number of aliphatic hydroxyl groups excluding tert-OH is 1. The van der Waals surface area contributed by atoms with E-state index in [4.69, 9.17) is 0 Å². The monoisotopic (exact) mass is 249 g/mol. The summed E-state index contributed by atoms with van der Waals surface area (Å²) in [6, 6.07) is 0. The van der Waals surface area contributed by atoms with Gasteiger partial charge in [-0.25, -0.2) is 8.42 Å². The topological polar surface area (TPSA) is 57.6 Å². The van der Waals surface area contributed by atoms with Crippen LogP contribution in [0.1, 0.15) is 46.0 Å². The first-order chi connectivity index (χ1) is 7.32. The fraction of sp³-hybridized carbons (Fsp3) is 1.00. The predicted octanol–water partition coefficient (Wildman–Crippen LogP) is 1.35. The highest BCUT2D eigenvalue weighted by Crippen LogP contribution is 2.28. The van der Waals surface area contributed by atoms with Gasteiger partial charge in [0.05, 0.1) is 17.4 Å². The quantitative estimate of drug-likeness (QED) is 0.818. The van der Waals surface area contributed by atoms with E-state index in [9.17, 15) is 13.5 Å². The number of sulfonamides is 1. The van der Waals surface area contributed by atoms with Gasteiger partial charge in [-0.3, -0.25) is 0 Å². The van der Waals surface area contributed by atoms with Crippen LogP contribution in [0.25, 0.3) is 0 Å². The summed E-state index contributed by atoms with van der Waals surface area (Å²) in [6.45, 7) is 3.33. The van der Waals surface area contributed by atoms with Crippen LogP contribution in [0.2, 0.25) is 0 Å². The lowest BCUT2D eigenvalue weighted by Crippen LogP contribution is -2.51. The second-order valence-corrected chi connectivity index (χ2v) is 7.49. The molecule has 1 aliphatic rings. The van der Waals surface area contributed by atoms with E-state index in [0.29, 0.717) is 0 Å². The summed E-state index contributed by atoms with van der Waals surface area (Å²) < 4.78 is 26.0. The summed E-state index contributed by atoms with van der Waals surface area (Å²) >= 11 is 0. The van der Waals surface area contributed by atoms with Crippen molar-refractivity contribution >= 4 is 10.0 Å². The molecule has 0 aromatic heterocycles. The number of rotatable bonds is 4. The lowest BCUT2D eigenvalue weighted by molar-refractivity contribution is 0.136. The van der Waals surface area contributed by atoms with Gasteiger partial charge in [0, 0.05) is 7.05 Å². The summed E-state index contributed by atoms with van der Waals surface area (Å²) in [4.78, 5) is 0. The third kappa shape index (κ3) is 2.76. The molecule has 0 unspecified atom stereocenters. The largest absolute Gasteiger partial charge is 0.394 e. The SMILES string of the molecule is CN(C(C)(C)CO)S(=O)(=O)C1CCCCC1. The molecule has 1 saturated carbocycles. The summed E-state index contributed by atoms with van der Waals surface area (Å²) in [5.74, 6) is 0. The van der Waals surface area contributed by atoms with Crippen molar-refractivity contribution in [3.05, 3.63) is 0 Å². The Morgan fingerprint density at radius 3 is 2.19 bits per heavy atom. The second-order valence-electron chi connectivity index (χ2n) is 5.24. The molecule has 0 amide bonds. The molecule has 0 spiro atoms. The maximum absolute atomic E-state index is 12.3. The van der Waals surface area contributed by atoms with E-state index in [0.717, 1.165) is 32.1 Å². The zero-order valence-corrected chi connectivity index (χ0v) is 11.3. The smallest absolute Gasteiger partial charge is 0.217 e. The Labute approximate surface area is 98.7 Å². The zero-order chi connectivity index (χ0) is 12.4. The summed E-state index contributed by atoms with van der Waals surface area (Å²) in [6.07, 6.45) is 4.65. The maximum atomic E-state index is 12.3. The first-order valence-electron chi connectivity index (χ1n) is 5.91.